The second-order valence-electron chi connectivity index (χ2n) is 9.77. The summed E-state index contributed by atoms with van der Waals surface area (Å²) >= 11 is 3.05. The molecule has 1 aliphatic heterocycles. The van der Waals surface area contributed by atoms with E-state index in [1.807, 2.05) is 0 Å². The number of aromatic amines is 1. The van der Waals surface area contributed by atoms with Gasteiger partial charge in [-0.2, -0.15) is 5.10 Å². The van der Waals surface area contributed by atoms with Crippen molar-refractivity contribution in [3.8, 4) is 27.6 Å². The third kappa shape index (κ3) is 4.70. The zero-order chi connectivity index (χ0) is 22.7. The minimum absolute atomic E-state index is 0. The summed E-state index contributed by atoms with van der Waals surface area (Å²) in [6, 6.07) is 2.10. The number of aromatic hydroxyl groups is 1. The van der Waals surface area contributed by atoms with Crippen molar-refractivity contribution in [2.45, 2.75) is 57.7 Å². The number of thiazole rings is 2. The third-order valence-corrected chi connectivity index (χ3v) is 8.01. The average Bonchev–Trinajstić information content (AvgIpc) is 3.41. The fourth-order valence-electron chi connectivity index (χ4n) is 4.77. The second kappa shape index (κ2) is 8.50. The molecule has 1 aliphatic rings. The molecule has 4 aromatic rings. The van der Waals surface area contributed by atoms with Crippen molar-refractivity contribution in [2.75, 3.05) is 11.9 Å². The van der Waals surface area contributed by atoms with Gasteiger partial charge in [-0.25, -0.2) is 15.0 Å². The van der Waals surface area contributed by atoms with E-state index in [0.29, 0.717) is 16.7 Å². The molecule has 0 bridgehead atoms. The first-order valence-electron chi connectivity index (χ1n) is 10.6. The van der Waals surface area contributed by atoms with Crippen molar-refractivity contribution >= 4 is 49.9 Å². The number of pyridine rings is 1. The van der Waals surface area contributed by atoms with E-state index in [9.17, 15) is 5.11 Å². The van der Waals surface area contributed by atoms with Crippen LogP contribution in [-0.4, -0.2) is 54.4 Å². The fourth-order valence-corrected chi connectivity index (χ4v) is 6.84. The lowest BCUT2D eigenvalue weighted by Crippen LogP contribution is -2.61. The number of fused-ring (bicyclic) bond motifs is 1. The van der Waals surface area contributed by atoms with Gasteiger partial charge in [-0.15, -0.1) is 12.4 Å². The fraction of sp³-hybridized carbons (Fsp3) is 0.455. The molecule has 33 heavy (non-hydrogen) atoms. The molecule has 0 radical (unpaired) electrons. The van der Waals surface area contributed by atoms with Gasteiger partial charge in [0.2, 0.25) is 0 Å². The number of hydrogen-bond acceptors (Lipinski definition) is 9. The van der Waals surface area contributed by atoms with Crippen LogP contribution in [0, 0.1) is 0 Å². The summed E-state index contributed by atoms with van der Waals surface area (Å²) in [4.78, 5) is 18.1. The maximum atomic E-state index is 10.6. The van der Waals surface area contributed by atoms with Crippen LogP contribution in [-0.2, 0) is 0 Å². The summed E-state index contributed by atoms with van der Waals surface area (Å²) in [5.41, 5.74) is 2.30. The summed E-state index contributed by atoms with van der Waals surface area (Å²) in [6.45, 7) is 9.06. The Morgan fingerprint density at radius 1 is 1.03 bits per heavy atom. The number of piperidine rings is 1. The van der Waals surface area contributed by atoms with Crippen molar-refractivity contribution in [3.05, 3.63) is 24.7 Å². The Morgan fingerprint density at radius 2 is 1.73 bits per heavy atom. The number of H-pyrrole nitrogens is 1. The van der Waals surface area contributed by atoms with Crippen molar-refractivity contribution in [1.29, 1.82) is 0 Å². The van der Waals surface area contributed by atoms with E-state index in [0.717, 1.165) is 38.8 Å². The topological polar surface area (TPSA) is 103 Å². The van der Waals surface area contributed by atoms with E-state index in [2.05, 4.69) is 60.1 Å². The van der Waals surface area contributed by atoms with Gasteiger partial charge in [0.15, 0.2) is 14.8 Å². The van der Waals surface area contributed by atoms with E-state index in [4.69, 9.17) is 9.97 Å². The quantitative estimate of drug-likeness (QED) is 0.355. The highest BCUT2D eigenvalue weighted by Crippen LogP contribution is 2.40. The second-order valence-corrected chi connectivity index (χ2v) is 11.7. The van der Waals surface area contributed by atoms with Crippen molar-refractivity contribution in [2.24, 2.45) is 0 Å². The molecule has 5 heterocycles. The minimum atomic E-state index is 0. The minimum Gasteiger partial charge on any atom is -0.506 e. The molecule has 0 unspecified atom stereocenters. The number of halogens is 1. The number of nitrogens with one attached hydrogen (secondary N) is 2. The number of anilines is 1. The smallest absolute Gasteiger partial charge is 0.188 e. The summed E-state index contributed by atoms with van der Waals surface area (Å²) in [6.07, 6.45) is 7.30. The molecule has 0 aliphatic carbocycles. The van der Waals surface area contributed by atoms with Gasteiger partial charge in [0, 0.05) is 47.7 Å². The molecule has 5 rings (SSSR count). The molecular weight excluding hydrogens is 478 g/mol. The van der Waals surface area contributed by atoms with Crippen LogP contribution in [0.1, 0.15) is 40.5 Å². The van der Waals surface area contributed by atoms with Gasteiger partial charge in [0.25, 0.3) is 0 Å². The molecule has 176 valence electrons. The normalized spacial score (nSPS) is 17.7. The summed E-state index contributed by atoms with van der Waals surface area (Å²) in [5.74, 6) is 0.0987. The van der Waals surface area contributed by atoms with Crippen molar-refractivity contribution in [1.82, 2.24) is 30.5 Å². The van der Waals surface area contributed by atoms with Gasteiger partial charge in [-0.3, -0.25) is 5.10 Å². The Balaban J connectivity index is 0.00000259. The average molecular weight is 506 g/mol. The SMILES string of the molecule is CN(c1nc2sc(-c3ncc(-c4cn[nH]c4)cc3O)nc2s1)C1CC(C)(C)NC(C)(C)C1.Cl. The largest absolute Gasteiger partial charge is 0.506 e. The number of rotatable bonds is 4. The lowest BCUT2D eigenvalue weighted by Gasteiger charge is -2.48. The highest BCUT2D eigenvalue weighted by Gasteiger charge is 2.39. The molecule has 11 heteroatoms. The van der Waals surface area contributed by atoms with E-state index < -0.39 is 0 Å². The monoisotopic (exact) mass is 505 g/mol. The molecule has 0 spiro atoms. The molecule has 4 aromatic heterocycles. The lowest BCUT2D eigenvalue weighted by atomic mass is 9.79. The molecule has 0 amide bonds. The van der Waals surface area contributed by atoms with E-state index >= 15 is 0 Å². The van der Waals surface area contributed by atoms with Gasteiger partial charge in [0.1, 0.15) is 16.5 Å². The predicted octanol–water partition coefficient (Wildman–Crippen LogP) is 5.08. The maximum Gasteiger partial charge on any atom is 0.188 e. The van der Waals surface area contributed by atoms with Crippen molar-refractivity contribution < 1.29 is 5.11 Å². The van der Waals surface area contributed by atoms with Crippen LogP contribution in [0.3, 0.4) is 0 Å². The van der Waals surface area contributed by atoms with Gasteiger partial charge >= 0.3 is 0 Å². The van der Waals surface area contributed by atoms with Gasteiger partial charge < -0.3 is 15.3 Å². The molecule has 8 nitrogen and oxygen atoms in total. The first-order chi connectivity index (χ1) is 15.1. The number of nitrogens with zero attached hydrogens (tertiary/aromatic N) is 5. The Labute approximate surface area is 206 Å². The summed E-state index contributed by atoms with van der Waals surface area (Å²) < 4.78 is 0. The third-order valence-electron chi connectivity index (χ3n) is 5.88. The van der Waals surface area contributed by atoms with Crippen LogP contribution >= 0.6 is 35.1 Å². The Kier molecular flexibility index (Phi) is 6.15. The first-order valence-corrected chi connectivity index (χ1v) is 12.2. The van der Waals surface area contributed by atoms with Crippen LogP contribution < -0.4 is 10.2 Å². The van der Waals surface area contributed by atoms with E-state index in [1.54, 1.807) is 36.0 Å². The predicted molar refractivity (Wildman–Crippen MR) is 138 cm³/mol. The Morgan fingerprint density at radius 3 is 2.33 bits per heavy atom. The standard InChI is InChI=1S/C22H27N7OS2.ClH/c1-21(2)7-14(8-22(3,4)28-21)29(5)20-27-19-18(32-20)26-17(31-19)16-15(30)6-12(9-23-16)13-10-24-25-11-13;/h6,9-11,14,28,30H,7-8H2,1-5H3,(H,24,25);1H. The Bertz CT molecular complexity index is 1220. The molecule has 3 N–H and O–H groups in total. The molecule has 1 fully saturated rings. The number of hydrogen-bond donors (Lipinski definition) is 3. The Hall–Kier alpha value is -2.27. The van der Waals surface area contributed by atoms with Crippen LogP contribution in [0.2, 0.25) is 0 Å². The van der Waals surface area contributed by atoms with Gasteiger partial charge in [-0.1, -0.05) is 22.7 Å². The van der Waals surface area contributed by atoms with E-state index in [-0.39, 0.29) is 29.2 Å². The van der Waals surface area contributed by atoms with Crippen molar-refractivity contribution in [3.63, 3.8) is 0 Å². The first kappa shape index (κ1) is 23.9. The molecule has 0 atom stereocenters. The zero-order valence-corrected chi connectivity index (χ0v) is 21.7. The number of aromatic nitrogens is 5. The zero-order valence-electron chi connectivity index (χ0n) is 19.2. The van der Waals surface area contributed by atoms with Crippen LogP contribution in [0.5, 0.6) is 5.75 Å². The van der Waals surface area contributed by atoms with E-state index in [1.165, 1.54) is 11.3 Å². The van der Waals surface area contributed by atoms with Crippen LogP contribution in [0.15, 0.2) is 24.7 Å². The van der Waals surface area contributed by atoms with Crippen LogP contribution in [0.25, 0.3) is 31.5 Å². The van der Waals surface area contributed by atoms with Crippen LogP contribution in [0.4, 0.5) is 5.13 Å². The maximum absolute atomic E-state index is 10.6. The van der Waals surface area contributed by atoms with Gasteiger partial charge in [0.05, 0.1) is 6.20 Å². The molecule has 0 aromatic carbocycles. The van der Waals surface area contributed by atoms with Gasteiger partial charge in [-0.05, 0) is 46.6 Å². The highest BCUT2D eigenvalue weighted by atomic mass is 35.5. The summed E-state index contributed by atoms with van der Waals surface area (Å²) in [7, 11) is 2.13. The molecular formula is C22H28ClN7OS2. The highest BCUT2D eigenvalue weighted by molar-refractivity contribution is 7.29. The lowest BCUT2D eigenvalue weighted by molar-refractivity contribution is 0.161. The molecule has 0 saturated carbocycles. The molecule has 1 saturated heterocycles. The summed E-state index contributed by atoms with van der Waals surface area (Å²) in [5, 5.41) is 22.7.